The fraction of sp³-hybridized carbons (Fsp3) is 0.263. The van der Waals surface area contributed by atoms with Crippen molar-refractivity contribution in [2.45, 2.75) is 33.7 Å². The highest BCUT2D eigenvalue weighted by Gasteiger charge is 2.14. The lowest BCUT2D eigenvalue weighted by atomic mass is 10.1. The van der Waals surface area contributed by atoms with Gasteiger partial charge in [0, 0.05) is 24.0 Å². The lowest BCUT2D eigenvalue weighted by Crippen LogP contribution is -2.32. The first-order chi connectivity index (χ1) is 11.3. The number of hydrogen-bond acceptors (Lipinski definition) is 3. The van der Waals surface area contributed by atoms with Gasteiger partial charge < -0.3 is 16.0 Å². The Morgan fingerprint density at radius 2 is 1.50 bits per heavy atom. The van der Waals surface area contributed by atoms with E-state index in [9.17, 15) is 9.59 Å². The summed E-state index contributed by atoms with van der Waals surface area (Å²) in [7, 11) is 0. The molecule has 5 nitrogen and oxygen atoms in total. The fourth-order valence-corrected chi connectivity index (χ4v) is 2.28. The van der Waals surface area contributed by atoms with Crippen molar-refractivity contribution in [2.75, 3.05) is 16.0 Å². The normalized spacial score (nSPS) is 11.5. The second-order valence-corrected chi connectivity index (χ2v) is 5.93. The first kappa shape index (κ1) is 17.5. The molecular weight excluding hydrogens is 302 g/mol. The molecule has 2 aromatic rings. The summed E-state index contributed by atoms with van der Waals surface area (Å²) in [4.78, 5) is 23.3. The van der Waals surface area contributed by atoms with E-state index in [2.05, 4.69) is 16.0 Å². The number of benzene rings is 2. The van der Waals surface area contributed by atoms with Crippen LogP contribution in [0.3, 0.4) is 0 Å². The van der Waals surface area contributed by atoms with Gasteiger partial charge in [-0.3, -0.25) is 9.59 Å². The number of carbonyl (C=O) groups is 2. The molecule has 2 rings (SSSR count). The van der Waals surface area contributed by atoms with Gasteiger partial charge in [-0.25, -0.2) is 0 Å². The number of anilines is 3. The van der Waals surface area contributed by atoms with Crippen molar-refractivity contribution in [1.29, 1.82) is 0 Å². The van der Waals surface area contributed by atoms with Crippen molar-refractivity contribution in [3.63, 3.8) is 0 Å². The summed E-state index contributed by atoms with van der Waals surface area (Å²) in [5.74, 6) is -0.249. The van der Waals surface area contributed by atoms with Gasteiger partial charge in [-0.15, -0.1) is 0 Å². The second-order valence-electron chi connectivity index (χ2n) is 5.93. The van der Waals surface area contributed by atoms with E-state index < -0.39 is 0 Å². The van der Waals surface area contributed by atoms with E-state index in [-0.39, 0.29) is 17.9 Å². The standard InChI is InChI=1S/C19H23N3O2/c1-12-5-6-13(2)18(11-12)20-14(3)19(24)22-17-9-7-16(8-10-17)21-15(4)23/h5-11,14,20H,1-4H3,(H,21,23)(H,22,24). The third-order valence-corrected chi connectivity index (χ3v) is 3.63. The Kier molecular flexibility index (Phi) is 5.58. The first-order valence-electron chi connectivity index (χ1n) is 7.87. The largest absolute Gasteiger partial charge is 0.374 e. The quantitative estimate of drug-likeness (QED) is 0.785. The molecule has 2 aromatic carbocycles. The number of aryl methyl sites for hydroxylation is 2. The van der Waals surface area contributed by atoms with Crippen molar-refractivity contribution >= 4 is 28.9 Å². The average Bonchev–Trinajstić information content (AvgIpc) is 2.52. The minimum Gasteiger partial charge on any atom is -0.374 e. The Morgan fingerprint density at radius 3 is 2.08 bits per heavy atom. The van der Waals surface area contributed by atoms with Crippen LogP contribution in [0, 0.1) is 13.8 Å². The third kappa shape index (κ3) is 4.84. The van der Waals surface area contributed by atoms with E-state index in [1.165, 1.54) is 6.92 Å². The summed E-state index contributed by atoms with van der Waals surface area (Å²) >= 11 is 0. The van der Waals surface area contributed by atoms with E-state index in [0.29, 0.717) is 11.4 Å². The minimum atomic E-state index is -0.375. The van der Waals surface area contributed by atoms with Gasteiger partial charge in [0.05, 0.1) is 0 Å². The van der Waals surface area contributed by atoms with Crippen molar-refractivity contribution in [3.8, 4) is 0 Å². The van der Waals surface area contributed by atoms with Gasteiger partial charge in [0.2, 0.25) is 11.8 Å². The van der Waals surface area contributed by atoms with E-state index in [4.69, 9.17) is 0 Å². The molecule has 0 aliphatic heterocycles. The highest BCUT2D eigenvalue weighted by atomic mass is 16.2. The van der Waals surface area contributed by atoms with Gasteiger partial charge in [0.15, 0.2) is 0 Å². The Hall–Kier alpha value is -2.82. The van der Waals surface area contributed by atoms with E-state index >= 15 is 0 Å². The Morgan fingerprint density at radius 1 is 0.917 bits per heavy atom. The molecule has 0 spiro atoms. The average molecular weight is 325 g/mol. The summed E-state index contributed by atoms with van der Waals surface area (Å²) in [5.41, 5.74) is 4.58. The first-order valence-corrected chi connectivity index (χ1v) is 7.87. The molecule has 5 heteroatoms. The summed E-state index contributed by atoms with van der Waals surface area (Å²) in [6, 6.07) is 12.7. The van der Waals surface area contributed by atoms with Crippen LogP contribution in [0.4, 0.5) is 17.1 Å². The van der Waals surface area contributed by atoms with Gasteiger partial charge in [0.1, 0.15) is 6.04 Å². The number of nitrogens with one attached hydrogen (secondary N) is 3. The molecule has 2 amide bonds. The van der Waals surface area contributed by atoms with Crippen molar-refractivity contribution < 1.29 is 9.59 Å². The maximum Gasteiger partial charge on any atom is 0.246 e. The summed E-state index contributed by atoms with van der Waals surface area (Å²) < 4.78 is 0. The molecule has 0 fully saturated rings. The van der Waals surface area contributed by atoms with E-state index in [1.807, 2.05) is 39.0 Å². The van der Waals surface area contributed by atoms with Crippen LogP contribution in [-0.4, -0.2) is 17.9 Å². The van der Waals surface area contributed by atoms with Gasteiger partial charge >= 0.3 is 0 Å². The highest BCUT2D eigenvalue weighted by Crippen LogP contribution is 2.18. The predicted octanol–water partition coefficient (Wildman–Crippen LogP) is 3.70. The molecule has 0 saturated carbocycles. The van der Waals surface area contributed by atoms with Crippen LogP contribution in [0.1, 0.15) is 25.0 Å². The number of carbonyl (C=O) groups excluding carboxylic acids is 2. The van der Waals surface area contributed by atoms with Crippen LogP contribution in [0.25, 0.3) is 0 Å². The highest BCUT2D eigenvalue weighted by molar-refractivity contribution is 5.96. The summed E-state index contributed by atoms with van der Waals surface area (Å²) in [6.45, 7) is 7.30. The molecule has 0 aliphatic rings. The minimum absolute atomic E-state index is 0.122. The monoisotopic (exact) mass is 325 g/mol. The van der Waals surface area contributed by atoms with Gasteiger partial charge in [-0.05, 0) is 62.2 Å². The Labute approximate surface area is 142 Å². The molecule has 3 N–H and O–H groups in total. The summed E-state index contributed by atoms with van der Waals surface area (Å²) in [5, 5.41) is 8.79. The van der Waals surface area contributed by atoms with Gasteiger partial charge in [-0.1, -0.05) is 12.1 Å². The van der Waals surface area contributed by atoms with Crippen molar-refractivity contribution in [2.24, 2.45) is 0 Å². The Bertz CT molecular complexity index is 739. The third-order valence-electron chi connectivity index (χ3n) is 3.63. The summed E-state index contributed by atoms with van der Waals surface area (Å²) in [6.07, 6.45) is 0. The second kappa shape index (κ2) is 7.64. The molecule has 0 bridgehead atoms. The maximum absolute atomic E-state index is 12.3. The van der Waals surface area contributed by atoms with E-state index in [0.717, 1.165) is 16.8 Å². The zero-order valence-corrected chi connectivity index (χ0v) is 14.4. The van der Waals surface area contributed by atoms with Crippen LogP contribution in [0.15, 0.2) is 42.5 Å². The van der Waals surface area contributed by atoms with E-state index in [1.54, 1.807) is 24.3 Å². The lowest BCUT2D eigenvalue weighted by Gasteiger charge is -2.17. The molecule has 126 valence electrons. The lowest BCUT2D eigenvalue weighted by molar-refractivity contribution is -0.116. The number of rotatable bonds is 5. The molecule has 0 saturated heterocycles. The van der Waals surface area contributed by atoms with Crippen molar-refractivity contribution in [1.82, 2.24) is 0 Å². The topological polar surface area (TPSA) is 70.2 Å². The zero-order chi connectivity index (χ0) is 17.7. The predicted molar refractivity (Wildman–Crippen MR) is 98.4 cm³/mol. The molecule has 0 aliphatic carbocycles. The van der Waals surface area contributed by atoms with Crippen LogP contribution >= 0.6 is 0 Å². The van der Waals surface area contributed by atoms with Gasteiger partial charge in [0.25, 0.3) is 0 Å². The number of hydrogen-bond donors (Lipinski definition) is 3. The molecular formula is C19H23N3O2. The van der Waals surface area contributed by atoms with Crippen LogP contribution in [0.5, 0.6) is 0 Å². The Balaban J connectivity index is 1.98. The molecule has 1 atom stereocenters. The SMILES string of the molecule is CC(=O)Nc1ccc(NC(=O)C(C)Nc2cc(C)ccc2C)cc1. The number of amides is 2. The van der Waals surface area contributed by atoms with Crippen LogP contribution < -0.4 is 16.0 Å². The van der Waals surface area contributed by atoms with Crippen LogP contribution in [-0.2, 0) is 9.59 Å². The molecule has 0 radical (unpaired) electrons. The maximum atomic E-state index is 12.3. The van der Waals surface area contributed by atoms with Crippen LogP contribution in [0.2, 0.25) is 0 Å². The smallest absolute Gasteiger partial charge is 0.246 e. The molecule has 0 aromatic heterocycles. The molecule has 1 unspecified atom stereocenters. The zero-order valence-electron chi connectivity index (χ0n) is 14.4. The fourth-order valence-electron chi connectivity index (χ4n) is 2.28. The molecule has 24 heavy (non-hydrogen) atoms. The van der Waals surface area contributed by atoms with Gasteiger partial charge in [-0.2, -0.15) is 0 Å². The molecule has 0 heterocycles. The van der Waals surface area contributed by atoms with Crippen molar-refractivity contribution in [3.05, 3.63) is 53.6 Å².